The largest absolute Gasteiger partial charge is 0.455 e. The highest BCUT2D eigenvalue weighted by Crippen LogP contribution is 2.37. The van der Waals surface area contributed by atoms with E-state index in [4.69, 9.17) is 19.4 Å². The Labute approximate surface area is 306 Å². The van der Waals surface area contributed by atoms with Gasteiger partial charge in [0.25, 0.3) is 0 Å². The van der Waals surface area contributed by atoms with Gasteiger partial charge < -0.3 is 4.42 Å². The molecule has 2 aromatic heterocycles. The molecule has 248 valence electrons. The minimum absolute atomic E-state index is 0.604. The predicted octanol–water partition coefficient (Wildman–Crippen LogP) is 12.9. The first-order valence-corrected chi connectivity index (χ1v) is 17.8. The van der Waals surface area contributed by atoms with Gasteiger partial charge in [-0.3, -0.25) is 0 Å². The maximum atomic E-state index is 6.41. The Morgan fingerprint density at radius 1 is 0.302 bits per heavy atom. The smallest absolute Gasteiger partial charge is 0.164 e. The summed E-state index contributed by atoms with van der Waals surface area (Å²) in [6.45, 7) is 0. The molecule has 4 nitrogen and oxygen atoms in total. The van der Waals surface area contributed by atoms with Gasteiger partial charge in [-0.05, 0) is 62.9 Å². The second kappa shape index (κ2) is 12.9. The van der Waals surface area contributed by atoms with Crippen molar-refractivity contribution in [3.05, 3.63) is 188 Å². The van der Waals surface area contributed by atoms with Crippen LogP contribution in [0.25, 0.3) is 100 Å². The van der Waals surface area contributed by atoms with Gasteiger partial charge in [0, 0.05) is 33.0 Å². The second-order valence-electron chi connectivity index (χ2n) is 13.3. The summed E-state index contributed by atoms with van der Waals surface area (Å²) in [5, 5.41) is 4.65. The molecule has 8 aromatic carbocycles. The summed E-state index contributed by atoms with van der Waals surface area (Å²) in [6, 6.07) is 65.2. The molecule has 53 heavy (non-hydrogen) atoms. The van der Waals surface area contributed by atoms with Crippen molar-refractivity contribution in [2.45, 2.75) is 0 Å². The van der Waals surface area contributed by atoms with Crippen molar-refractivity contribution in [2.75, 3.05) is 0 Å². The molecular formula is C49H31N3O. The first-order chi connectivity index (χ1) is 26.2. The highest BCUT2D eigenvalue weighted by Gasteiger charge is 2.16. The number of furan rings is 1. The molecule has 10 aromatic rings. The van der Waals surface area contributed by atoms with Crippen molar-refractivity contribution in [3.63, 3.8) is 0 Å². The number of hydrogen-bond donors (Lipinski definition) is 0. The Hall–Kier alpha value is -7.17. The lowest BCUT2D eigenvalue weighted by Gasteiger charge is -2.11. The zero-order chi connectivity index (χ0) is 35.1. The molecule has 0 amide bonds. The van der Waals surface area contributed by atoms with E-state index < -0.39 is 0 Å². The van der Waals surface area contributed by atoms with E-state index >= 15 is 0 Å². The van der Waals surface area contributed by atoms with Crippen LogP contribution in [0.15, 0.2) is 192 Å². The Morgan fingerprint density at radius 3 is 1.60 bits per heavy atom. The second-order valence-corrected chi connectivity index (χ2v) is 13.3. The summed E-state index contributed by atoms with van der Waals surface area (Å²) in [5.41, 5.74) is 11.1. The maximum absolute atomic E-state index is 6.41. The minimum atomic E-state index is 0.604. The van der Waals surface area contributed by atoms with E-state index in [2.05, 4.69) is 164 Å². The molecule has 10 rings (SSSR count). The van der Waals surface area contributed by atoms with Gasteiger partial charge >= 0.3 is 0 Å². The third kappa shape index (κ3) is 5.73. The fourth-order valence-corrected chi connectivity index (χ4v) is 7.21. The van der Waals surface area contributed by atoms with Gasteiger partial charge in [0.15, 0.2) is 17.5 Å². The number of hydrogen-bond acceptors (Lipinski definition) is 4. The van der Waals surface area contributed by atoms with E-state index in [0.29, 0.717) is 17.5 Å². The lowest BCUT2D eigenvalue weighted by atomic mass is 9.99. The van der Waals surface area contributed by atoms with Crippen LogP contribution in [0.2, 0.25) is 0 Å². The molecule has 0 unspecified atom stereocenters. The van der Waals surface area contributed by atoms with Crippen LogP contribution in [-0.2, 0) is 0 Å². The number of aromatic nitrogens is 3. The lowest BCUT2D eigenvalue weighted by molar-refractivity contribution is 0.670. The number of benzene rings is 8. The van der Waals surface area contributed by atoms with Crippen molar-refractivity contribution in [1.82, 2.24) is 15.0 Å². The topological polar surface area (TPSA) is 51.8 Å². The molecule has 0 saturated heterocycles. The van der Waals surface area contributed by atoms with Crippen molar-refractivity contribution >= 4 is 32.7 Å². The van der Waals surface area contributed by atoms with Gasteiger partial charge in [-0.25, -0.2) is 15.0 Å². The standard InChI is InChI=1S/C49H31N3O/c1-2-11-32(12-3-1)37-15-8-17-40(30-37)48-50-47(35-26-23-34(24-27-35)38-28-25-33-13-4-5-14-36(33)29-38)51-49(52-48)41-18-9-16-39(31-41)42-20-10-21-44-43-19-6-7-22-45(43)53-46(42)44/h1-31H. The van der Waals surface area contributed by atoms with Gasteiger partial charge in [0.2, 0.25) is 0 Å². The Morgan fingerprint density at radius 2 is 0.811 bits per heavy atom. The summed E-state index contributed by atoms with van der Waals surface area (Å²) in [5.74, 6) is 1.84. The molecule has 4 heteroatoms. The van der Waals surface area contributed by atoms with Crippen LogP contribution in [0.1, 0.15) is 0 Å². The van der Waals surface area contributed by atoms with Crippen LogP contribution >= 0.6 is 0 Å². The molecule has 0 atom stereocenters. The number of rotatable bonds is 6. The van der Waals surface area contributed by atoms with Crippen molar-refractivity contribution in [2.24, 2.45) is 0 Å². The average Bonchev–Trinajstić information content (AvgIpc) is 3.63. The third-order valence-electron chi connectivity index (χ3n) is 9.93. The van der Waals surface area contributed by atoms with Crippen molar-refractivity contribution < 1.29 is 4.42 Å². The van der Waals surface area contributed by atoms with Gasteiger partial charge in [-0.1, -0.05) is 164 Å². The summed E-state index contributed by atoms with van der Waals surface area (Å²) in [4.78, 5) is 15.3. The quantitative estimate of drug-likeness (QED) is 0.176. The zero-order valence-electron chi connectivity index (χ0n) is 28.6. The van der Waals surface area contributed by atoms with E-state index in [-0.39, 0.29) is 0 Å². The van der Waals surface area contributed by atoms with E-state index in [1.807, 2.05) is 24.3 Å². The van der Waals surface area contributed by atoms with Crippen molar-refractivity contribution in [3.8, 4) is 67.5 Å². The van der Waals surface area contributed by atoms with Crippen LogP contribution in [-0.4, -0.2) is 15.0 Å². The molecule has 0 aliphatic heterocycles. The first kappa shape index (κ1) is 30.6. The number of nitrogens with zero attached hydrogens (tertiary/aromatic N) is 3. The fourth-order valence-electron chi connectivity index (χ4n) is 7.21. The number of para-hydroxylation sites is 2. The van der Waals surface area contributed by atoms with E-state index in [0.717, 1.165) is 66.4 Å². The van der Waals surface area contributed by atoms with E-state index in [9.17, 15) is 0 Å². The molecule has 0 N–H and O–H groups in total. The number of fused-ring (bicyclic) bond motifs is 4. The SMILES string of the molecule is c1ccc(-c2cccc(-c3nc(-c4ccc(-c5ccc6ccccc6c5)cc4)nc(-c4cccc(-c5cccc6c5oc5ccccc56)c4)n3)c2)cc1. The molecule has 0 aliphatic rings. The van der Waals surface area contributed by atoms with Crippen LogP contribution in [0.5, 0.6) is 0 Å². The van der Waals surface area contributed by atoms with Gasteiger partial charge in [-0.2, -0.15) is 0 Å². The lowest BCUT2D eigenvalue weighted by Crippen LogP contribution is -2.00. The molecule has 0 aliphatic carbocycles. The highest BCUT2D eigenvalue weighted by molar-refractivity contribution is 6.09. The Bertz CT molecular complexity index is 2950. The molecule has 0 bridgehead atoms. The Balaban J connectivity index is 1.09. The average molecular weight is 678 g/mol. The Kier molecular flexibility index (Phi) is 7.43. The highest BCUT2D eigenvalue weighted by atomic mass is 16.3. The normalized spacial score (nSPS) is 11.4. The summed E-state index contributed by atoms with van der Waals surface area (Å²) >= 11 is 0. The molecule has 0 fully saturated rings. The molecule has 0 spiro atoms. The zero-order valence-corrected chi connectivity index (χ0v) is 28.6. The molecular weight excluding hydrogens is 647 g/mol. The minimum Gasteiger partial charge on any atom is -0.455 e. The summed E-state index contributed by atoms with van der Waals surface area (Å²) in [6.07, 6.45) is 0. The fraction of sp³-hybridized carbons (Fsp3) is 0. The van der Waals surface area contributed by atoms with E-state index in [1.165, 1.54) is 16.3 Å². The monoisotopic (exact) mass is 677 g/mol. The molecule has 0 saturated carbocycles. The summed E-state index contributed by atoms with van der Waals surface area (Å²) < 4.78 is 6.41. The predicted molar refractivity (Wildman–Crippen MR) is 217 cm³/mol. The first-order valence-electron chi connectivity index (χ1n) is 17.8. The van der Waals surface area contributed by atoms with Crippen LogP contribution in [0.4, 0.5) is 0 Å². The molecule has 0 radical (unpaired) electrons. The van der Waals surface area contributed by atoms with Gasteiger partial charge in [-0.15, -0.1) is 0 Å². The molecule has 2 heterocycles. The summed E-state index contributed by atoms with van der Waals surface area (Å²) in [7, 11) is 0. The van der Waals surface area contributed by atoms with Crippen molar-refractivity contribution in [1.29, 1.82) is 0 Å². The van der Waals surface area contributed by atoms with E-state index in [1.54, 1.807) is 0 Å². The maximum Gasteiger partial charge on any atom is 0.164 e. The van der Waals surface area contributed by atoms with Crippen LogP contribution < -0.4 is 0 Å². The van der Waals surface area contributed by atoms with Crippen LogP contribution in [0, 0.1) is 0 Å². The van der Waals surface area contributed by atoms with Gasteiger partial charge in [0.1, 0.15) is 11.2 Å². The van der Waals surface area contributed by atoms with Gasteiger partial charge in [0.05, 0.1) is 0 Å². The van der Waals surface area contributed by atoms with Crippen LogP contribution in [0.3, 0.4) is 0 Å². The third-order valence-corrected chi connectivity index (χ3v) is 9.93.